The molecule has 0 saturated heterocycles. The van der Waals surface area contributed by atoms with Gasteiger partial charge in [0.05, 0.1) is 5.56 Å². The Morgan fingerprint density at radius 1 is 0.227 bits per heavy atom. The molecule has 0 bridgehead atoms. The molecule has 2 aromatic heterocycles. The van der Waals surface area contributed by atoms with Crippen LogP contribution in [0.2, 0.25) is 0 Å². The molecule has 16 rings (SSSR count). The van der Waals surface area contributed by atoms with Crippen LogP contribution in [0.15, 0.2) is 300 Å². The summed E-state index contributed by atoms with van der Waals surface area (Å²) in [6.07, 6.45) is 0. The zero-order valence-corrected chi connectivity index (χ0v) is 49.4. The molecule has 0 amide bonds. The summed E-state index contributed by atoms with van der Waals surface area (Å²) in [5.41, 5.74) is 25.9. The summed E-state index contributed by atoms with van der Waals surface area (Å²) in [6.45, 7) is 8.85. The molecule has 0 unspecified atom stereocenters. The SMILES string of the molecule is Cc1ccc(-c2ccccc2)cc1N(c1ccc2cc3c(cc2c1)oc1c(-c2ccccc2)c2oc4cc5cc(N(c6cc(-c7ccccc7)ccc6C)c6cc(-c7ccccc7)ccc6C)ccc5cc4c2cc13)c1cc(-c2ccccc2)ccc1C. The molecule has 0 aliphatic carbocycles. The maximum absolute atomic E-state index is 7.20. The molecule has 88 heavy (non-hydrogen) atoms. The van der Waals surface area contributed by atoms with Crippen LogP contribution in [0.1, 0.15) is 22.3 Å². The predicted octanol–water partition coefficient (Wildman–Crippen LogP) is 24.3. The number of furan rings is 2. The second-order valence-electron chi connectivity index (χ2n) is 23.5. The van der Waals surface area contributed by atoms with Crippen LogP contribution < -0.4 is 9.80 Å². The Bertz CT molecular complexity index is 4870. The van der Waals surface area contributed by atoms with E-state index in [4.69, 9.17) is 8.83 Å². The molecule has 0 atom stereocenters. The van der Waals surface area contributed by atoms with Crippen LogP contribution in [0.4, 0.5) is 34.1 Å². The molecule has 14 aromatic carbocycles. The third-order valence-electron chi connectivity index (χ3n) is 17.9. The van der Waals surface area contributed by atoms with E-state index in [1.807, 2.05) is 0 Å². The second-order valence-corrected chi connectivity index (χ2v) is 23.5. The van der Waals surface area contributed by atoms with Crippen LogP contribution in [0, 0.1) is 27.7 Å². The summed E-state index contributed by atoms with van der Waals surface area (Å²) >= 11 is 0. The van der Waals surface area contributed by atoms with Gasteiger partial charge < -0.3 is 18.6 Å². The second kappa shape index (κ2) is 21.4. The minimum Gasteiger partial charge on any atom is -0.455 e. The van der Waals surface area contributed by atoms with Gasteiger partial charge >= 0.3 is 0 Å². The number of nitrogens with zero attached hydrogens (tertiary/aromatic N) is 2. The number of anilines is 6. The van der Waals surface area contributed by atoms with E-state index in [2.05, 4.69) is 329 Å². The minimum absolute atomic E-state index is 0.801. The summed E-state index contributed by atoms with van der Waals surface area (Å²) in [5.74, 6) is 0. The van der Waals surface area contributed by atoms with E-state index in [1.165, 1.54) is 44.5 Å². The molecule has 418 valence electrons. The van der Waals surface area contributed by atoms with Crippen molar-refractivity contribution in [1.29, 1.82) is 0 Å². The van der Waals surface area contributed by atoms with Crippen LogP contribution in [0.5, 0.6) is 0 Å². The van der Waals surface area contributed by atoms with Gasteiger partial charge in [0, 0.05) is 55.7 Å². The fourth-order valence-corrected chi connectivity index (χ4v) is 13.2. The van der Waals surface area contributed by atoms with Gasteiger partial charge in [-0.3, -0.25) is 0 Å². The number of benzene rings is 14. The van der Waals surface area contributed by atoms with Crippen molar-refractivity contribution in [3.8, 4) is 55.6 Å². The lowest BCUT2D eigenvalue weighted by Crippen LogP contribution is -2.13. The third kappa shape index (κ3) is 9.17. The molecule has 0 saturated carbocycles. The molecule has 0 aliphatic rings. The van der Waals surface area contributed by atoms with E-state index < -0.39 is 0 Å². The van der Waals surface area contributed by atoms with Crippen molar-refractivity contribution in [2.45, 2.75) is 27.7 Å². The number of fused-ring (bicyclic) bond motifs is 8. The van der Waals surface area contributed by atoms with Crippen LogP contribution in [0.3, 0.4) is 0 Å². The average molecular weight is 1130 g/mol. The predicted molar refractivity (Wildman–Crippen MR) is 372 cm³/mol. The van der Waals surface area contributed by atoms with Crippen molar-refractivity contribution in [2.75, 3.05) is 9.80 Å². The smallest absolute Gasteiger partial charge is 0.147 e. The molecule has 0 N–H and O–H groups in total. The van der Waals surface area contributed by atoms with E-state index in [0.717, 1.165) is 133 Å². The van der Waals surface area contributed by atoms with Gasteiger partial charge in [0.15, 0.2) is 0 Å². The zero-order valence-electron chi connectivity index (χ0n) is 49.4. The van der Waals surface area contributed by atoms with Crippen LogP contribution in [-0.4, -0.2) is 0 Å². The Morgan fingerprint density at radius 3 is 0.852 bits per heavy atom. The molecule has 4 heteroatoms. The first-order valence-electron chi connectivity index (χ1n) is 30.3. The summed E-state index contributed by atoms with van der Waals surface area (Å²) < 4.78 is 14.4. The average Bonchev–Trinajstić information content (AvgIpc) is 1.58. The molecule has 0 spiro atoms. The summed E-state index contributed by atoms with van der Waals surface area (Å²) in [7, 11) is 0. The monoisotopic (exact) mass is 1130 g/mol. The van der Waals surface area contributed by atoms with Gasteiger partial charge in [-0.1, -0.05) is 212 Å². The first kappa shape index (κ1) is 52.4. The molecule has 0 radical (unpaired) electrons. The van der Waals surface area contributed by atoms with E-state index in [0.29, 0.717) is 0 Å². The lowest BCUT2D eigenvalue weighted by atomic mass is 9.97. The highest BCUT2D eigenvalue weighted by Crippen LogP contribution is 2.49. The standard InChI is InChI=1S/C84H60N2O2/c1-53-30-34-64(57-20-10-5-11-21-57)46-76(53)85(77-47-65(35-31-54(77)2)58-22-12-6-13-23-58)70-40-38-62-44-72-74-52-75-73-45-63-39-41-71(43-69(63)51-81(73)88-84(75)82(61-28-18-9-19-29-61)83(74)87-80(72)50-68(62)42-70)86(78-48-66(36-32-55(78)3)59-24-14-7-15-25-59)79-49-67(37-33-56(79)4)60-26-16-8-17-27-60/h5-52H,1-4H3. The molecule has 0 fully saturated rings. The number of hydrogen-bond acceptors (Lipinski definition) is 4. The summed E-state index contributed by atoms with van der Waals surface area (Å²) in [6, 6.07) is 106. The minimum atomic E-state index is 0.801. The molecule has 0 aliphatic heterocycles. The van der Waals surface area contributed by atoms with Crippen molar-refractivity contribution >= 4 is 99.5 Å². The lowest BCUT2D eigenvalue weighted by Gasteiger charge is -2.30. The third-order valence-corrected chi connectivity index (χ3v) is 17.9. The first-order valence-corrected chi connectivity index (χ1v) is 30.3. The summed E-state index contributed by atoms with van der Waals surface area (Å²) in [5, 5.41) is 8.63. The summed E-state index contributed by atoms with van der Waals surface area (Å²) in [4.78, 5) is 4.88. The van der Waals surface area contributed by atoms with Gasteiger partial charge in [0.2, 0.25) is 0 Å². The van der Waals surface area contributed by atoms with Crippen molar-refractivity contribution in [1.82, 2.24) is 0 Å². The highest BCUT2D eigenvalue weighted by molar-refractivity contribution is 6.24. The van der Waals surface area contributed by atoms with Gasteiger partial charge in [0.25, 0.3) is 0 Å². The van der Waals surface area contributed by atoms with Gasteiger partial charge in [-0.25, -0.2) is 0 Å². The zero-order chi connectivity index (χ0) is 59.0. The van der Waals surface area contributed by atoms with Crippen LogP contribution >= 0.6 is 0 Å². The number of aryl methyl sites for hydroxylation is 4. The van der Waals surface area contributed by atoms with E-state index >= 15 is 0 Å². The quantitative estimate of drug-likeness (QED) is 0.129. The topological polar surface area (TPSA) is 32.8 Å². The normalized spacial score (nSPS) is 11.6. The molecular weight excluding hydrogens is 1070 g/mol. The number of rotatable bonds is 11. The molecule has 16 aromatic rings. The lowest BCUT2D eigenvalue weighted by molar-refractivity contribution is 0.658. The first-order chi connectivity index (χ1) is 43.2. The molecule has 4 nitrogen and oxygen atoms in total. The highest BCUT2D eigenvalue weighted by atomic mass is 16.3. The fourth-order valence-electron chi connectivity index (χ4n) is 13.2. The van der Waals surface area contributed by atoms with Crippen molar-refractivity contribution in [3.63, 3.8) is 0 Å². The van der Waals surface area contributed by atoms with Crippen molar-refractivity contribution in [3.05, 3.63) is 313 Å². The van der Waals surface area contributed by atoms with Crippen molar-refractivity contribution < 1.29 is 8.83 Å². The highest BCUT2D eigenvalue weighted by Gasteiger charge is 2.25. The van der Waals surface area contributed by atoms with Crippen LogP contribution in [0.25, 0.3) is 121 Å². The molecule has 2 heterocycles. The maximum atomic E-state index is 7.20. The largest absolute Gasteiger partial charge is 0.455 e. The Kier molecular flexibility index (Phi) is 12.7. The number of hydrogen-bond donors (Lipinski definition) is 0. The fraction of sp³-hybridized carbons (Fsp3) is 0.0476. The van der Waals surface area contributed by atoms with E-state index in [9.17, 15) is 0 Å². The van der Waals surface area contributed by atoms with E-state index in [-0.39, 0.29) is 0 Å². The Labute approximate surface area is 512 Å². The Morgan fingerprint density at radius 2 is 0.534 bits per heavy atom. The molecular formula is C84H60N2O2. The Balaban J connectivity index is 0.851. The Hall–Kier alpha value is -11.2. The van der Waals surface area contributed by atoms with Gasteiger partial charge in [0.1, 0.15) is 22.3 Å². The van der Waals surface area contributed by atoms with Crippen molar-refractivity contribution in [2.24, 2.45) is 0 Å². The van der Waals surface area contributed by atoms with Gasteiger partial charge in [-0.05, 0) is 200 Å². The van der Waals surface area contributed by atoms with Crippen LogP contribution in [-0.2, 0) is 0 Å². The maximum Gasteiger partial charge on any atom is 0.147 e. The van der Waals surface area contributed by atoms with Gasteiger partial charge in [-0.15, -0.1) is 0 Å². The van der Waals surface area contributed by atoms with E-state index in [1.54, 1.807) is 0 Å². The van der Waals surface area contributed by atoms with Gasteiger partial charge in [-0.2, -0.15) is 0 Å².